The summed E-state index contributed by atoms with van der Waals surface area (Å²) in [6.07, 6.45) is 1.18. The molecule has 1 aromatic carbocycles. The van der Waals surface area contributed by atoms with Crippen LogP contribution in [0, 0.1) is 5.82 Å². The van der Waals surface area contributed by atoms with Crippen molar-refractivity contribution in [1.29, 1.82) is 0 Å². The quantitative estimate of drug-likeness (QED) is 0.776. The third-order valence-electron chi connectivity index (χ3n) is 3.35. The lowest BCUT2D eigenvalue weighted by Crippen LogP contribution is -2.28. The predicted octanol–water partition coefficient (Wildman–Crippen LogP) is 1.94. The molecule has 2 rings (SSSR count). The van der Waals surface area contributed by atoms with Crippen LogP contribution in [0.4, 0.5) is 4.39 Å². The van der Waals surface area contributed by atoms with Crippen LogP contribution in [-0.2, 0) is 17.6 Å². The van der Waals surface area contributed by atoms with Crippen molar-refractivity contribution in [2.45, 2.75) is 38.7 Å². The standard InChI is InChI=1S/C16H20FN3O3/c1-2-14-19-16(23-20-14)8-4-7-15(22)18-10-13(21)11-5-3-6-12(17)9-11/h3,5-6,9,13,21H,2,4,7-8,10H2,1H3,(H,18,22). The van der Waals surface area contributed by atoms with Crippen molar-refractivity contribution in [3.05, 3.63) is 47.4 Å². The zero-order chi connectivity index (χ0) is 16.7. The van der Waals surface area contributed by atoms with Crippen LogP contribution in [0.2, 0.25) is 0 Å². The summed E-state index contributed by atoms with van der Waals surface area (Å²) in [6, 6.07) is 5.68. The minimum atomic E-state index is -0.933. The Hall–Kier alpha value is -2.28. The molecule has 0 aliphatic heterocycles. The minimum Gasteiger partial charge on any atom is -0.387 e. The lowest BCUT2D eigenvalue weighted by atomic mass is 10.1. The summed E-state index contributed by atoms with van der Waals surface area (Å²) in [5.41, 5.74) is 0.434. The number of nitrogens with one attached hydrogen (secondary N) is 1. The fraction of sp³-hybridized carbons (Fsp3) is 0.438. The van der Waals surface area contributed by atoms with Crippen LogP contribution in [0.25, 0.3) is 0 Å². The van der Waals surface area contributed by atoms with Gasteiger partial charge in [-0.3, -0.25) is 4.79 Å². The van der Waals surface area contributed by atoms with Crippen molar-refractivity contribution in [3.8, 4) is 0 Å². The molecule has 0 saturated heterocycles. The van der Waals surface area contributed by atoms with Gasteiger partial charge in [-0.1, -0.05) is 24.2 Å². The minimum absolute atomic E-state index is 0.0445. The molecule has 0 saturated carbocycles. The summed E-state index contributed by atoms with van der Waals surface area (Å²) < 4.78 is 18.1. The second-order valence-electron chi connectivity index (χ2n) is 5.19. The molecule has 1 heterocycles. The summed E-state index contributed by atoms with van der Waals surface area (Å²) >= 11 is 0. The number of hydrogen-bond acceptors (Lipinski definition) is 5. The zero-order valence-corrected chi connectivity index (χ0v) is 13.0. The fourth-order valence-electron chi connectivity index (χ4n) is 2.07. The van der Waals surface area contributed by atoms with E-state index in [1.807, 2.05) is 6.92 Å². The first-order chi connectivity index (χ1) is 11.1. The van der Waals surface area contributed by atoms with Gasteiger partial charge in [-0.05, 0) is 24.1 Å². The number of amides is 1. The van der Waals surface area contributed by atoms with Gasteiger partial charge in [0.15, 0.2) is 5.82 Å². The molecular formula is C16H20FN3O3. The van der Waals surface area contributed by atoms with Crippen molar-refractivity contribution in [1.82, 2.24) is 15.5 Å². The summed E-state index contributed by atoms with van der Waals surface area (Å²) in [5, 5.41) is 16.3. The summed E-state index contributed by atoms with van der Waals surface area (Å²) in [5.74, 6) is 0.576. The van der Waals surface area contributed by atoms with Gasteiger partial charge >= 0.3 is 0 Å². The normalized spacial score (nSPS) is 12.1. The molecule has 0 radical (unpaired) electrons. The van der Waals surface area contributed by atoms with Crippen molar-refractivity contribution >= 4 is 5.91 Å². The maximum atomic E-state index is 13.1. The molecule has 1 atom stereocenters. The maximum absolute atomic E-state index is 13.1. The Morgan fingerprint density at radius 3 is 3.00 bits per heavy atom. The van der Waals surface area contributed by atoms with E-state index in [1.54, 1.807) is 6.07 Å². The number of nitrogens with zero attached hydrogens (tertiary/aromatic N) is 2. The maximum Gasteiger partial charge on any atom is 0.226 e. The molecule has 124 valence electrons. The SMILES string of the molecule is CCc1noc(CCCC(=O)NCC(O)c2cccc(F)c2)n1. The molecule has 0 bridgehead atoms. The Morgan fingerprint density at radius 1 is 1.48 bits per heavy atom. The number of rotatable bonds is 8. The Morgan fingerprint density at radius 2 is 2.30 bits per heavy atom. The van der Waals surface area contributed by atoms with Gasteiger partial charge < -0.3 is 14.9 Å². The molecular weight excluding hydrogens is 301 g/mol. The number of carbonyl (C=O) groups is 1. The number of aliphatic hydroxyl groups excluding tert-OH is 1. The third kappa shape index (κ3) is 5.45. The topological polar surface area (TPSA) is 88.2 Å². The second-order valence-corrected chi connectivity index (χ2v) is 5.19. The zero-order valence-electron chi connectivity index (χ0n) is 13.0. The highest BCUT2D eigenvalue weighted by Crippen LogP contribution is 2.13. The van der Waals surface area contributed by atoms with E-state index in [0.717, 1.165) is 0 Å². The van der Waals surface area contributed by atoms with Crippen LogP contribution in [0.15, 0.2) is 28.8 Å². The van der Waals surface area contributed by atoms with Crippen LogP contribution in [0.5, 0.6) is 0 Å². The Balaban J connectivity index is 1.68. The smallest absolute Gasteiger partial charge is 0.226 e. The molecule has 0 aliphatic rings. The Bertz CT molecular complexity index is 645. The highest BCUT2D eigenvalue weighted by Gasteiger charge is 2.11. The largest absolute Gasteiger partial charge is 0.387 e. The number of carbonyl (C=O) groups excluding carboxylic acids is 1. The molecule has 23 heavy (non-hydrogen) atoms. The number of benzene rings is 1. The molecule has 2 N–H and O–H groups in total. The first-order valence-electron chi connectivity index (χ1n) is 7.60. The van der Waals surface area contributed by atoms with E-state index in [9.17, 15) is 14.3 Å². The first kappa shape index (κ1) is 17.1. The van der Waals surface area contributed by atoms with Crippen LogP contribution >= 0.6 is 0 Å². The van der Waals surface area contributed by atoms with E-state index >= 15 is 0 Å². The lowest BCUT2D eigenvalue weighted by Gasteiger charge is -2.12. The monoisotopic (exact) mass is 321 g/mol. The van der Waals surface area contributed by atoms with Gasteiger partial charge in [-0.2, -0.15) is 4.98 Å². The lowest BCUT2D eigenvalue weighted by molar-refractivity contribution is -0.121. The number of aliphatic hydroxyl groups is 1. The van der Waals surface area contributed by atoms with Crippen molar-refractivity contribution in [2.75, 3.05) is 6.54 Å². The van der Waals surface area contributed by atoms with E-state index in [0.29, 0.717) is 43.0 Å². The van der Waals surface area contributed by atoms with Gasteiger partial charge in [0, 0.05) is 25.8 Å². The van der Waals surface area contributed by atoms with Crippen molar-refractivity contribution < 1.29 is 18.8 Å². The van der Waals surface area contributed by atoms with Crippen molar-refractivity contribution in [3.63, 3.8) is 0 Å². The van der Waals surface area contributed by atoms with Crippen LogP contribution in [0.3, 0.4) is 0 Å². The number of halogens is 1. The van der Waals surface area contributed by atoms with E-state index < -0.39 is 11.9 Å². The van der Waals surface area contributed by atoms with E-state index in [4.69, 9.17) is 4.52 Å². The number of aromatic nitrogens is 2. The Kier molecular flexibility index (Phi) is 6.22. The second kappa shape index (κ2) is 8.38. The summed E-state index contributed by atoms with van der Waals surface area (Å²) in [4.78, 5) is 15.9. The van der Waals surface area contributed by atoms with Gasteiger partial charge in [0.1, 0.15) is 5.82 Å². The third-order valence-corrected chi connectivity index (χ3v) is 3.35. The Labute approximate surface area is 133 Å². The summed E-state index contributed by atoms with van der Waals surface area (Å²) in [6.45, 7) is 1.98. The first-order valence-corrected chi connectivity index (χ1v) is 7.60. The van der Waals surface area contributed by atoms with E-state index in [2.05, 4.69) is 15.5 Å². The predicted molar refractivity (Wildman–Crippen MR) is 81.0 cm³/mol. The van der Waals surface area contributed by atoms with Crippen LogP contribution < -0.4 is 5.32 Å². The molecule has 7 heteroatoms. The highest BCUT2D eigenvalue weighted by atomic mass is 19.1. The highest BCUT2D eigenvalue weighted by molar-refractivity contribution is 5.75. The molecule has 1 aromatic heterocycles. The van der Waals surface area contributed by atoms with E-state index in [-0.39, 0.29) is 12.5 Å². The van der Waals surface area contributed by atoms with Gasteiger partial charge in [-0.25, -0.2) is 4.39 Å². The fourth-order valence-corrected chi connectivity index (χ4v) is 2.07. The molecule has 0 aliphatic carbocycles. The number of hydrogen-bond donors (Lipinski definition) is 2. The van der Waals surface area contributed by atoms with Gasteiger partial charge in [0.05, 0.1) is 6.10 Å². The molecule has 6 nitrogen and oxygen atoms in total. The average Bonchev–Trinajstić information content (AvgIpc) is 3.00. The van der Waals surface area contributed by atoms with Crippen molar-refractivity contribution in [2.24, 2.45) is 0 Å². The molecule has 0 fully saturated rings. The number of aryl methyl sites for hydroxylation is 2. The average molecular weight is 321 g/mol. The molecule has 2 aromatic rings. The van der Waals surface area contributed by atoms with Gasteiger partial charge in [0.25, 0.3) is 0 Å². The van der Waals surface area contributed by atoms with Gasteiger partial charge in [-0.15, -0.1) is 0 Å². The van der Waals surface area contributed by atoms with Crippen LogP contribution in [0.1, 0.15) is 43.1 Å². The molecule has 1 amide bonds. The van der Waals surface area contributed by atoms with Gasteiger partial charge in [0.2, 0.25) is 11.8 Å². The summed E-state index contributed by atoms with van der Waals surface area (Å²) in [7, 11) is 0. The van der Waals surface area contributed by atoms with E-state index in [1.165, 1.54) is 18.2 Å². The van der Waals surface area contributed by atoms with Crippen LogP contribution in [-0.4, -0.2) is 27.7 Å². The molecule has 0 spiro atoms. The molecule has 1 unspecified atom stereocenters.